The van der Waals surface area contributed by atoms with E-state index in [9.17, 15) is 22.0 Å². The minimum atomic E-state index is -3.73. The molecule has 0 saturated carbocycles. The fourth-order valence-electron chi connectivity index (χ4n) is 4.48. The summed E-state index contributed by atoms with van der Waals surface area (Å²) in [6.45, 7) is 6.49. The van der Waals surface area contributed by atoms with Crippen molar-refractivity contribution in [3.8, 4) is 5.75 Å². The molecule has 2 atom stereocenters. The molecule has 0 aliphatic carbocycles. The average molecular weight is 493 g/mol. The van der Waals surface area contributed by atoms with E-state index in [-0.39, 0.29) is 30.1 Å². The Morgan fingerprint density at radius 2 is 1.97 bits per heavy atom. The zero-order chi connectivity index (χ0) is 25.1. The van der Waals surface area contributed by atoms with Gasteiger partial charge in [-0.05, 0) is 57.5 Å². The van der Waals surface area contributed by atoms with Gasteiger partial charge in [0, 0.05) is 29.4 Å². The number of aryl methyl sites for hydroxylation is 1. The number of carbonyl (C=O) groups excluding carboxylic acids is 1. The molecular formula is C23H26F2N4O4S. The van der Waals surface area contributed by atoms with Gasteiger partial charge in [0.05, 0.1) is 11.9 Å². The molecule has 2 aromatic rings. The first-order chi connectivity index (χ1) is 15.8. The molecule has 3 heterocycles. The third-order valence-corrected chi connectivity index (χ3v) is 9.74. The number of amidine groups is 1. The summed E-state index contributed by atoms with van der Waals surface area (Å²) < 4.78 is 57.2. The molecule has 1 amide bonds. The molecule has 182 valence electrons. The maximum Gasteiger partial charge on any atom is 0.274 e. The highest BCUT2D eigenvalue weighted by molar-refractivity contribution is 7.94. The van der Waals surface area contributed by atoms with Crippen LogP contribution in [-0.2, 0) is 15.4 Å². The van der Waals surface area contributed by atoms with Crippen LogP contribution in [0.2, 0.25) is 0 Å². The van der Waals surface area contributed by atoms with E-state index in [2.05, 4.69) is 15.3 Å². The second kappa shape index (κ2) is 8.00. The molecule has 2 aliphatic rings. The van der Waals surface area contributed by atoms with Gasteiger partial charge >= 0.3 is 0 Å². The summed E-state index contributed by atoms with van der Waals surface area (Å²) in [5.74, 6) is -0.132. The fourth-order valence-corrected chi connectivity index (χ4v) is 6.72. The van der Waals surface area contributed by atoms with Crippen molar-refractivity contribution in [2.24, 2.45) is 10.7 Å². The molecular weight excluding hydrogens is 466 g/mol. The van der Waals surface area contributed by atoms with Gasteiger partial charge in [0.2, 0.25) is 0 Å². The average Bonchev–Trinajstić information content (AvgIpc) is 2.89. The summed E-state index contributed by atoms with van der Waals surface area (Å²) in [7, 11) is -3.73. The topological polar surface area (TPSA) is 124 Å². The Hall–Kier alpha value is -3.08. The molecule has 0 spiro atoms. The molecule has 0 radical (unpaired) electrons. The number of ether oxygens (including phenoxy) is 1. The van der Waals surface area contributed by atoms with Crippen LogP contribution in [0.5, 0.6) is 5.75 Å². The number of alkyl halides is 2. The van der Waals surface area contributed by atoms with E-state index in [4.69, 9.17) is 10.5 Å². The predicted octanol–water partition coefficient (Wildman–Crippen LogP) is 3.51. The van der Waals surface area contributed by atoms with Gasteiger partial charge in [-0.25, -0.2) is 17.2 Å². The summed E-state index contributed by atoms with van der Waals surface area (Å²) in [5.41, 5.74) is 5.77. The zero-order valence-corrected chi connectivity index (χ0v) is 20.0. The first-order valence-electron chi connectivity index (χ1n) is 10.7. The highest BCUT2D eigenvalue weighted by Gasteiger charge is 2.57. The number of amides is 1. The number of hydrogen-bond acceptors (Lipinski definition) is 7. The van der Waals surface area contributed by atoms with E-state index >= 15 is 0 Å². The Kier molecular flexibility index (Phi) is 5.66. The SMILES string of the molecule is Cc1cc(C(F)F)cnc1C(=O)Nc1ccc2c(c1)[C@@]1(C)N=C(N)C(C)(C)S(=O)(=O)[C@@H]1CCO2. The number of sulfone groups is 1. The van der Waals surface area contributed by atoms with Crippen LogP contribution in [0.3, 0.4) is 0 Å². The van der Waals surface area contributed by atoms with Crippen LogP contribution in [0.4, 0.5) is 14.5 Å². The van der Waals surface area contributed by atoms with Gasteiger partial charge in [-0.1, -0.05) is 0 Å². The zero-order valence-electron chi connectivity index (χ0n) is 19.2. The number of nitrogens with one attached hydrogen (secondary N) is 1. The van der Waals surface area contributed by atoms with E-state index in [0.717, 1.165) is 6.20 Å². The fraction of sp³-hybridized carbons (Fsp3) is 0.435. The number of anilines is 1. The van der Waals surface area contributed by atoms with Crippen molar-refractivity contribution in [3.05, 3.63) is 52.8 Å². The Balaban J connectivity index is 1.74. The summed E-state index contributed by atoms with van der Waals surface area (Å²) in [4.78, 5) is 21.4. The van der Waals surface area contributed by atoms with Crippen molar-refractivity contribution in [1.82, 2.24) is 4.98 Å². The van der Waals surface area contributed by atoms with Crippen LogP contribution in [0, 0.1) is 6.92 Å². The normalized spacial score (nSPS) is 24.8. The molecule has 1 aromatic heterocycles. The van der Waals surface area contributed by atoms with Gasteiger partial charge in [-0.3, -0.25) is 14.8 Å². The monoisotopic (exact) mass is 492 g/mol. The number of aromatic nitrogens is 1. The van der Waals surface area contributed by atoms with Crippen molar-refractivity contribution < 1.29 is 26.7 Å². The van der Waals surface area contributed by atoms with E-state index in [0.29, 0.717) is 22.6 Å². The van der Waals surface area contributed by atoms with Crippen molar-refractivity contribution in [3.63, 3.8) is 0 Å². The number of rotatable bonds is 3. The lowest BCUT2D eigenvalue weighted by Gasteiger charge is -2.43. The number of aliphatic imine (C=N–C) groups is 1. The number of carbonyl (C=O) groups is 1. The molecule has 0 saturated heterocycles. The summed E-state index contributed by atoms with van der Waals surface area (Å²) >= 11 is 0. The molecule has 3 N–H and O–H groups in total. The van der Waals surface area contributed by atoms with E-state index < -0.39 is 37.7 Å². The number of halogens is 2. The second-order valence-corrected chi connectivity index (χ2v) is 11.9. The van der Waals surface area contributed by atoms with Crippen LogP contribution < -0.4 is 15.8 Å². The molecule has 34 heavy (non-hydrogen) atoms. The van der Waals surface area contributed by atoms with Crippen LogP contribution in [0.1, 0.15) is 60.8 Å². The quantitative estimate of drug-likeness (QED) is 0.676. The molecule has 2 aliphatic heterocycles. The second-order valence-electron chi connectivity index (χ2n) is 9.23. The first kappa shape index (κ1) is 24.1. The van der Waals surface area contributed by atoms with Gasteiger partial charge in [0.1, 0.15) is 27.6 Å². The van der Waals surface area contributed by atoms with Gasteiger partial charge < -0.3 is 15.8 Å². The Morgan fingerprint density at radius 3 is 2.62 bits per heavy atom. The molecule has 1 aromatic carbocycles. The van der Waals surface area contributed by atoms with Gasteiger partial charge in [0.15, 0.2) is 9.84 Å². The molecule has 0 fully saturated rings. The number of pyridine rings is 1. The lowest BCUT2D eigenvalue weighted by atomic mass is 9.86. The molecule has 0 bridgehead atoms. The van der Waals surface area contributed by atoms with Crippen LogP contribution >= 0.6 is 0 Å². The molecule has 0 unspecified atom stereocenters. The minimum Gasteiger partial charge on any atom is -0.493 e. The smallest absolute Gasteiger partial charge is 0.274 e. The summed E-state index contributed by atoms with van der Waals surface area (Å²) in [6.07, 6.45) is -1.49. The number of fused-ring (bicyclic) bond motifs is 3. The van der Waals surface area contributed by atoms with E-state index in [1.54, 1.807) is 39.0 Å². The van der Waals surface area contributed by atoms with Gasteiger partial charge in [-0.15, -0.1) is 0 Å². The van der Waals surface area contributed by atoms with Gasteiger partial charge in [0.25, 0.3) is 12.3 Å². The standard InChI is InChI=1S/C23H26F2N4O4S/c1-12-9-13(19(24)25)11-27-18(12)20(30)28-14-5-6-16-15(10-14)23(4)17(7-8-33-16)34(31,32)22(2,3)21(26)29-23/h5-6,9-11,17,19H,7-8H2,1-4H3,(H2,26,29)(H,28,30)/t17-,23-/m1/s1. The van der Waals surface area contributed by atoms with Crippen LogP contribution in [0.15, 0.2) is 35.5 Å². The molecule has 4 rings (SSSR count). The third-order valence-electron chi connectivity index (χ3n) is 6.67. The highest BCUT2D eigenvalue weighted by atomic mass is 32.2. The molecule has 8 nitrogen and oxygen atoms in total. The number of benzene rings is 1. The Labute approximate surface area is 196 Å². The summed E-state index contributed by atoms with van der Waals surface area (Å²) in [6, 6.07) is 6.07. The van der Waals surface area contributed by atoms with Crippen molar-refractivity contribution in [2.75, 3.05) is 11.9 Å². The molecule has 11 heteroatoms. The Bertz CT molecular complexity index is 1310. The third kappa shape index (κ3) is 3.62. The van der Waals surface area contributed by atoms with E-state index in [1.165, 1.54) is 13.0 Å². The van der Waals surface area contributed by atoms with Crippen molar-refractivity contribution in [1.29, 1.82) is 0 Å². The lowest BCUT2D eigenvalue weighted by molar-refractivity contribution is 0.102. The number of nitrogens with zero attached hydrogens (tertiary/aromatic N) is 2. The predicted molar refractivity (Wildman–Crippen MR) is 124 cm³/mol. The number of nitrogens with two attached hydrogens (primary N) is 1. The largest absolute Gasteiger partial charge is 0.493 e. The highest BCUT2D eigenvalue weighted by Crippen LogP contribution is 2.48. The maximum atomic E-state index is 13.5. The van der Waals surface area contributed by atoms with Crippen molar-refractivity contribution >= 4 is 27.3 Å². The van der Waals surface area contributed by atoms with Crippen LogP contribution in [0.25, 0.3) is 0 Å². The van der Waals surface area contributed by atoms with Crippen molar-refractivity contribution in [2.45, 2.75) is 56.1 Å². The van der Waals surface area contributed by atoms with Gasteiger partial charge in [-0.2, -0.15) is 0 Å². The minimum absolute atomic E-state index is 0.00365. The first-order valence-corrected chi connectivity index (χ1v) is 12.3. The lowest BCUT2D eigenvalue weighted by Crippen LogP contribution is -2.59. The summed E-state index contributed by atoms with van der Waals surface area (Å²) in [5, 5.41) is 1.83. The Morgan fingerprint density at radius 1 is 1.26 bits per heavy atom. The van der Waals surface area contributed by atoms with Crippen LogP contribution in [-0.4, -0.2) is 41.7 Å². The maximum absolute atomic E-state index is 13.5. The number of hydrogen-bond donors (Lipinski definition) is 2. The van der Waals surface area contributed by atoms with E-state index in [1.807, 2.05) is 0 Å².